The molecule has 29 heavy (non-hydrogen) atoms. The molecule has 2 aromatic heterocycles. The van der Waals surface area contributed by atoms with Crippen molar-refractivity contribution in [2.75, 3.05) is 30.9 Å². The number of ether oxygens (including phenoxy) is 1. The minimum Gasteiger partial charge on any atom is -0.497 e. The van der Waals surface area contributed by atoms with Crippen molar-refractivity contribution in [2.45, 2.75) is 6.42 Å². The smallest absolute Gasteiger partial charge is 0.163 e. The van der Waals surface area contributed by atoms with Crippen LogP contribution in [0, 0.1) is 0 Å². The number of aromatic nitrogens is 3. The van der Waals surface area contributed by atoms with Gasteiger partial charge in [-0.05, 0) is 60.5 Å². The highest BCUT2D eigenvalue weighted by atomic mass is 16.5. The number of methoxy groups -OCH3 is 1. The summed E-state index contributed by atoms with van der Waals surface area (Å²) < 4.78 is 5.46. The van der Waals surface area contributed by atoms with Crippen LogP contribution in [-0.4, -0.2) is 35.7 Å². The van der Waals surface area contributed by atoms with Gasteiger partial charge in [0.05, 0.1) is 12.6 Å². The summed E-state index contributed by atoms with van der Waals surface area (Å²) >= 11 is 0. The fourth-order valence-electron chi connectivity index (χ4n) is 3.83. The normalized spacial score (nSPS) is 12.8. The van der Waals surface area contributed by atoms with E-state index in [4.69, 9.17) is 14.7 Å². The van der Waals surface area contributed by atoms with E-state index in [1.807, 2.05) is 37.4 Å². The van der Waals surface area contributed by atoms with Gasteiger partial charge in [0, 0.05) is 48.3 Å². The van der Waals surface area contributed by atoms with Gasteiger partial charge in [0.2, 0.25) is 0 Å². The van der Waals surface area contributed by atoms with Crippen LogP contribution in [0.5, 0.6) is 5.75 Å². The Labute approximate surface area is 169 Å². The first-order chi connectivity index (χ1) is 14.3. The first-order valence-corrected chi connectivity index (χ1v) is 9.61. The van der Waals surface area contributed by atoms with E-state index in [0.29, 0.717) is 5.82 Å². The van der Waals surface area contributed by atoms with Crippen molar-refractivity contribution in [2.24, 2.45) is 0 Å². The molecule has 0 saturated carbocycles. The molecule has 1 aliphatic heterocycles. The molecule has 0 spiro atoms. The van der Waals surface area contributed by atoms with Crippen molar-refractivity contribution in [3.8, 4) is 17.1 Å². The van der Waals surface area contributed by atoms with Crippen LogP contribution in [0.25, 0.3) is 22.3 Å². The van der Waals surface area contributed by atoms with Crippen LogP contribution in [0.2, 0.25) is 0 Å². The number of nitrogens with one attached hydrogen (secondary N) is 1. The summed E-state index contributed by atoms with van der Waals surface area (Å²) in [5.74, 6) is 2.36. The van der Waals surface area contributed by atoms with Gasteiger partial charge in [0.1, 0.15) is 11.6 Å². The highest BCUT2D eigenvalue weighted by molar-refractivity contribution is 5.94. The molecule has 0 saturated heterocycles. The van der Waals surface area contributed by atoms with Crippen molar-refractivity contribution in [3.63, 3.8) is 0 Å². The zero-order valence-electron chi connectivity index (χ0n) is 16.4. The molecular weight excluding hydrogens is 362 g/mol. The zero-order chi connectivity index (χ0) is 19.8. The van der Waals surface area contributed by atoms with Gasteiger partial charge in [-0.15, -0.1) is 0 Å². The number of hydrogen-bond acceptors (Lipinski definition) is 6. The van der Waals surface area contributed by atoms with Crippen LogP contribution in [0.1, 0.15) is 5.56 Å². The van der Waals surface area contributed by atoms with E-state index in [1.165, 1.54) is 11.3 Å². The summed E-state index contributed by atoms with van der Waals surface area (Å²) in [5.41, 5.74) is 5.40. The molecule has 0 amide bonds. The third-order valence-corrected chi connectivity index (χ3v) is 5.32. The van der Waals surface area contributed by atoms with Crippen molar-refractivity contribution in [1.82, 2.24) is 15.0 Å². The SMILES string of the molecule is CNc1ccc2c(c1)CCN2c1nc(-c2cccnc2)nc2ccc(OC)cc12. The molecule has 4 aromatic rings. The van der Waals surface area contributed by atoms with Crippen molar-refractivity contribution in [1.29, 1.82) is 0 Å². The molecular formula is C23H21N5O. The number of benzene rings is 2. The van der Waals surface area contributed by atoms with Gasteiger partial charge in [0.15, 0.2) is 5.82 Å². The van der Waals surface area contributed by atoms with E-state index in [-0.39, 0.29) is 0 Å². The molecule has 1 aliphatic rings. The molecule has 144 valence electrons. The minimum atomic E-state index is 0.672. The maximum atomic E-state index is 5.46. The van der Waals surface area contributed by atoms with E-state index in [9.17, 15) is 0 Å². The van der Waals surface area contributed by atoms with Crippen LogP contribution in [0.15, 0.2) is 60.9 Å². The van der Waals surface area contributed by atoms with Gasteiger partial charge >= 0.3 is 0 Å². The molecule has 6 nitrogen and oxygen atoms in total. The fraction of sp³-hybridized carbons (Fsp3) is 0.174. The molecule has 3 heterocycles. The van der Waals surface area contributed by atoms with Crippen molar-refractivity contribution < 1.29 is 4.74 Å². The van der Waals surface area contributed by atoms with E-state index in [1.54, 1.807) is 19.5 Å². The Morgan fingerprint density at radius 3 is 2.79 bits per heavy atom. The van der Waals surface area contributed by atoms with Crippen molar-refractivity contribution in [3.05, 3.63) is 66.5 Å². The van der Waals surface area contributed by atoms with Gasteiger partial charge in [-0.1, -0.05) is 0 Å². The molecule has 5 rings (SSSR count). The van der Waals surface area contributed by atoms with E-state index < -0.39 is 0 Å². The van der Waals surface area contributed by atoms with Crippen LogP contribution in [-0.2, 0) is 6.42 Å². The average Bonchev–Trinajstić information content (AvgIpc) is 3.21. The van der Waals surface area contributed by atoms with Gasteiger partial charge in [-0.2, -0.15) is 0 Å². The van der Waals surface area contributed by atoms with Gasteiger partial charge in [-0.3, -0.25) is 4.98 Å². The van der Waals surface area contributed by atoms with Gasteiger partial charge in [-0.25, -0.2) is 9.97 Å². The minimum absolute atomic E-state index is 0.672. The number of pyridine rings is 1. The Hall–Kier alpha value is -3.67. The standard InChI is InChI=1S/C23H21N5O/c1-24-17-5-8-21-15(12-17)9-11-28(21)23-19-13-18(29-2)6-7-20(19)26-22(27-23)16-4-3-10-25-14-16/h3-8,10,12-14,24H,9,11H2,1-2H3. The van der Waals surface area contributed by atoms with Crippen LogP contribution in [0.4, 0.5) is 17.2 Å². The molecule has 2 aromatic carbocycles. The fourth-order valence-corrected chi connectivity index (χ4v) is 3.83. The predicted octanol–water partition coefficient (Wildman–Crippen LogP) is 4.44. The second-order valence-corrected chi connectivity index (χ2v) is 6.99. The molecule has 6 heteroatoms. The lowest BCUT2D eigenvalue weighted by molar-refractivity contribution is 0.415. The summed E-state index contributed by atoms with van der Waals surface area (Å²) in [5, 5.41) is 4.19. The van der Waals surface area contributed by atoms with Crippen LogP contribution >= 0.6 is 0 Å². The Morgan fingerprint density at radius 2 is 2.00 bits per heavy atom. The Balaban J connectivity index is 1.72. The second kappa shape index (κ2) is 7.05. The van der Waals surface area contributed by atoms with Crippen LogP contribution < -0.4 is 15.0 Å². The number of rotatable bonds is 4. The predicted molar refractivity (Wildman–Crippen MR) is 116 cm³/mol. The molecule has 0 unspecified atom stereocenters. The topological polar surface area (TPSA) is 63.2 Å². The quantitative estimate of drug-likeness (QED) is 0.562. The Morgan fingerprint density at radius 1 is 1.07 bits per heavy atom. The molecule has 0 bridgehead atoms. The Bertz CT molecular complexity index is 1190. The van der Waals surface area contributed by atoms with Gasteiger partial charge < -0.3 is 15.0 Å². The highest BCUT2D eigenvalue weighted by Gasteiger charge is 2.24. The first-order valence-electron chi connectivity index (χ1n) is 9.61. The molecule has 0 radical (unpaired) electrons. The summed E-state index contributed by atoms with van der Waals surface area (Å²) in [6, 6.07) is 16.3. The maximum absolute atomic E-state index is 5.46. The Kier molecular flexibility index (Phi) is 4.24. The lowest BCUT2D eigenvalue weighted by Gasteiger charge is -2.21. The highest BCUT2D eigenvalue weighted by Crippen LogP contribution is 2.39. The lowest BCUT2D eigenvalue weighted by Crippen LogP contribution is -2.16. The van der Waals surface area contributed by atoms with E-state index >= 15 is 0 Å². The molecule has 0 fully saturated rings. The molecule has 1 N–H and O–H groups in total. The summed E-state index contributed by atoms with van der Waals surface area (Å²) in [6.45, 7) is 0.873. The second-order valence-electron chi connectivity index (χ2n) is 6.99. The average molecular weight is 383 g/mol. The third kappa shape index (κ3) is 3.02. The monoisotopic (exact) mass is 383 g/mol. The number of hydrogen-bond donors (Lipinski definition) is 1. The van der Waals surface area contributed by atoms with E-state index in [2.05, 4.69) is 33.4 Å². The summed E-state index contributed by atoms with van der Waals surface area (Å²) in [7, 11) is 3.62. The zero-order valence-corrected chi connectivity index (χ0v) is 16.4. The van der Waals surface area contributed by atoms with Crippen molar-refractivity contribution >= 4 is 28.1 Å². The number of anilines is 3. The van der Waals surface area contributed by atoms with Crippen LogP contribution in [0.3, 0.4) is 0 Å². The number of nitrogens with zero attached hydrogens (tertiary/aromatic N) is 4. The maximum Gasteiger partial charge on any atom is 0.163 e. The first kappa shape index (κ1) is 17.4. The third-order valence-electron chi connectivity index (χ3n) is 5.32. The number of fused-ring (bicyclic) bond motifs is 2. The largest absolute Gasteiger partial charge is 0.497 e. The van der Waals surface area contributed by atoms with E-state index in [0.717, 1.165) is 46.7 Å². The lowest BCUT2D eigenvalue weighted by atomic mass is 10.1. The molecule has 0 atom stereocenters. The van der Waals surface area contributed by atoms with Gasteiger partial charge in [0.25, 0.3) is 0 Å². The summed E-state index contributed by atoms with van der Waals surface area (Å²) in [6.07, 6.45) is 4.53. The molecule has 0 aliphatic carbocycles. The summed E-state index contributed by atoms with van der Waals surface area (Å²) in [4.78, 5) is 16.3.